The molecule has 3 nitrogen and oxygen atoms in total. The third-order valence-electron chi connectivity index (χ3n) is 1.42. The summed E-state index contributed by atoms with van der Waals surface area (Å²) in [5.74, 6) is -1.25. The number of ether oxygens (including phenoxy) is 1. The molecule has 72 valence electrons. The van der Waals surface area contributed by atoms with Gasteiger partial charge in [0, 0.05) is 4.47 Å². The molecule has 1 aromatic rings. The van der Waals surface area contributed by atoms with Crippen LogP contribution < -0.4 is 0 Å². The first kappa shape index (κ1) is 10.7. The van der Waals surface area contributed by atoms with Crippen molar-refractivity contribution in [1.82, 2.24) is 0 Å². The van der Waals surface area contributed by atoms with Crippen molar-refractivity contribution in [3.63, 3.8) is 0 Å². The van der Waals surface area contributed by atoms with Crippen LogP contribution in [-0.4, -0.2) is 12.6 Å². The van der Waals surface area contributed by atoms with Crippen molar-refractivity contribution >= 4 is 21.9 Å². The zero-order chi connectivity index (χ0) is 10.6. The minimum absolute atomic E-state index is 0.0697. The number of nitrogens with zero attached hydrogens (tertiary/aromatic N) is 1. The number of nitriles is 1. The molecule has 0 bridgehead atoms. The van der Waals surface area contributed by atoms with Crippen LogP contribution >= 0.6 is 15.9 Å². The predicted octanol–water partition coefficient (Wildman–Crippen LogP) is 2.27. The van der Waals surface area contributed by atoms with E-state index in [1.165, 1.54) is 12.1 Å². The Morgan fingerprint density at radius 3 is 3.00 bits per heavy atom. The molecular weight excluding hydrogens is 253 g/mol. The maximum Gasteiger partial charge on any atom is 0.340 e. The molecule has 0 aromatic heterocycles. The SMILES string of the molecule is N#CCOC(=O)c1cc(F)ccc1Br. The maximum atomic E-state index is 12.7. The normalized spacial score (nSPS) is 9.21. The Morgan fingerprint density at radius 1 is 1.64 bits per heavy atom. The number of halogens is 2. The third-order valence-corrected chi connectivity index (χ3v) is 2.11. The van der Waals surface area contributed by atoms with Crippen LogP contribution in [-0.2, 0) is 4.74 Å². The third kappa shape index (κ3) is 2.54. The molecule has 0 heterocycles. The second-order valence-electron chi connectivity index (χ2n) is 2.36. The summed E-state index contributed by atoms with van der Waals surface area (Å²) in [6, 6.07) is 5.31. The Kier molecular flexibility index (Phi) is 3.60. The van der Waals surface area contributed by atoms with E-state index in [1.807, 2.05) is 0 Å². The first-order valence-electron chi connectivity index (χ1n) is 3.64. The zero-order valence-corrected chi connectivity index (χ0v) is 8.54. The Hall–Kier alpha value is -1.41. The quantitative estimate of drug-likeness (QED) is 0.764. The zero-order valence-electron chi connectivity index (χ0n) is 6.96. The molecule has 0 amide bonds. The summed E-state index contributed by atoms with van der Waals surface area (Å²) >= 11 is 3.07. The van der Waals surface area contributed by atoms with Crippen LogP contribution in [0.3, 0.4) is 0 Å². The van der Waals surface area contributed by atoms with Crippen LogP contribution in [0.2, 0.25) is 0 Å². The molecule has 0 saturated carbocycles. The molecule has 0 unspecified atom stereocenters. The highest BCUT2D eigenvalue weighted by Crippen LogP contribution is 2.18. The van der Waals surface area contributed by atoms with E-state index in [4.69, 9.17) is 5.26 Å². The molecule has 1 rings (SSSR count). The molecule has 0 aliphatic rings. The molecule has 14 heavy (non-hydrogen) atoms. The lowest BCUT2D eigenvalue weighted by molar-refractivity contribution is 0.0553. The topological polar surface area (TPSA) is 50.1 Å². The highest BCUT2D eigenvalue weighted by Gasteiger charge is 2.11. The van der Waals surface area contributed by atoms with E-state index in [0.717, 1.165) is 6.07 Å². The Labute approximate surface area is 88.2 Å². The van der Waals surface area contributed by atoms with Gasteiger partial charge in [-0.05, 0) is 34.1 Å². The van der Waals surface area contributed by atoms with Crippen molar-refractivity contribution in [1.29, 1.82) is 5.26 Å². The molecule has 0 radical (unpaired) electrons. The molecule has 1 aromatic carbocycles. The average Bonchev–Trinajstić information content (AvgIpc) is 2.18. The maximum absolute atomic E-state index is 12.7. The fourth-order valence-corrected chi connectivity index (χ4v) is 1.24. The summed E-state index contributed by atoms with van der Waals surface area (Å²) in [5, 5.41) is 8.17. The molecule has 0 aliphatic heterocycles. The van der Waals surface area contributed by atoms with Crippen molar-refractivity contribution in [3.8, 4) is 6.07 Å². The average molecular weight is 258 g/mol. The van der Waals surface area contributed by atoms with Gasteiger partial charge in [-0.25, -0.2) is 9.18 Å². The molecule has 0 aliphatic carbocycles. The molecule has 0 spiro atoms. The molecule has 5 heteroatoms. The van der Waals surface area contributed by atoms with E-state index in [-0.39, 0.29) is 12.2 Å². The van der Waals surface area contributed by atoms with Crippen molar-refractivity contribution in [2.75, 3.05) is 6.61 Å². The largest absolute Gasteiger partial charge is 0.447 e. The van der Waals surface area contributed by atoms with Gasteiger partial charge in [0.2, 0.25) is 0 Å². The number of carbonyl (C=O) groups is 1. The molecule has 0 fully saturated rings. The Morgan fingerprint density at radius 2 is 2.36 bits per heavy atom. The Balaban J connectivity index is 2.90. The lowest BCUT2D eigenvalue weighted by atomic mass is 10.2. The second kappa shape index (κ2) is 4.72. The lowest BCUT2D eigenvalue weighted by Crippen LogP contribution is -2.06. The Bertz CT molecular complexity index is 400. The highest BCUT2D eigenvalue weighted by molar-refractivity contribution is 9.10. The van der Waals surface area contributed by atoms with Crippen LogP contribution in [0.15, 0.2) is 22.7 Å². The van der Waals surface area contributed by atoms with E-state index in [2.05, 4.69) is 20.7 Å². The van der Waals surface area contributed by atoms with Crippen LogP contribution in [0.5, 0.6) is 0 Å². The van der Waals surface area contributed by atoms with Crippen LogP contribution in [0, 0.1) is 17.1 Å². The summed E-state index contributed by atoms with van der Waals surface area (Å²) in [4.78, 5) is 11.2. The van der Waals surface area contributed by atoms with Gasteiger partial charge in [-0.15, -0.1) is 0 Å². The van der Waals surface area contributed by atoms with Crippen molar-refractivity contribution in [2.45, 2.75) is 0 Å². The summed E-state index contributed by atoms with van der Waals surface area (Å²) in [6.07, 6.45) is 0. The van der Waals surface area contributed by atoms with Gasteiger partial charge < -0.3 is 4.74 Å². The first-order chi connectivity index (χ1) is 6.65. The monoisotopic (exact) mass is 257 g/mol. The van der Waals surface area contributed by atoms with Crippen molar-refractivity contribution in [2.24, 2.45) is 0 Å². The van der Waals surface area contributed by atoms with Crippen molar-refractivity contribution in [3.05, 3.63) is 34.1 Å². The lowest BCUT2D eigenvalue weighted by Gasteiger charge is -2.02. The number of benzene rings is 1. The van der Waals surface area contributed by atoms with Crippen LogP contribution in [0.4, 0.5) is 4.39 Å². The first-order valence-corrected chi connectivity index (χ1v) is 4.43. The number of hydrogen-bond acceptors (Lipinski definition) is 3. The highest BCUT2D eigenvalue weighted by atomic mass is 79.9. The fraction of sp³-hybridized carbons (Fsp3) is 0.111. The number of esters is 1. The number of hydrogen-bond donors (Lipinski definition) is 0. The summed E-state index contributed by atoms with van der Waals surface area (Å²) in [6.45, 7) is -0.345. The van der Waals surface area contributed by atoms with Gasteiger partial charge in [-0.1, -0.05) is 0 Å². The van der Waals surface area contributed by atoms with E-state index >= 15 is 0 Å². The molecule has 0 atom stereocenters. The smallest absolute Gasteiger partial charge is 0.340 e. The minimum atomic E-state index is -0.724. The van der Waals surface area contributed by atoms with Crippen LogP contribution in [0.1, 0.15) is 10.4 Å². The summed E-state index contributed by atoms with van der Waals surface area (Å²) in [5.41, 5.74) is 0.0697. The number of carbonyl (C=O) groups excluding carboxylic acids is 1. The second-order valence-corrected chi connectivity index (χ2v) is 3.21. The van der Waals surface area contributed by atoms with Gasteiger partial charge in [0.25, 0.3) is 0 Å². The minimum Gasteiger partial charge on any atom is -0.447 e. The van der Waals surface area contributed by atoms with E-state index in [0.29, 0.717) is 4.47 Å². The van der Waals surface area contributed by atoms with Gasteiger partial charge in [0.05, 0.1) is 5.56 Å². The number of rotatable bonds is 2. The van der Waals surface area contributed by atoms with Crippen LogP contribution in [0.25, 0.3) is 0 Å². The van der Waals surface area contributed by atoms with Gasteiger partial charge in [0.15, 0.2) is 6.61 Å². The predicted molar refractivity (Wildman–Crippen MR) is 50.0 cm³/mol. The standard InChI is InChI=1S/C9H5BrFNO2/c10-8-2-1-6(11)5-7(8)9(13)14-4-3-12/h1-2,5H,4H2. The molecule has 0 saturated heterocycles. The summed E-state index contributed by atoms with van der Waals surface area (Å²) in [7, 11) is 0. The van der Waals surface area contributed by atoms with Gasteiger partial charge in [0.1, 0.15) is 11.9 Å². The van der Waals surface area contributed by atoms with Gasteiger partial charge in [-0.2, -0.15) is 5.26 Å². The van der Waals surface area contributed by atoms with Gasteiger partial charge >= 0.3 is 5.97 Å². The van der Waals surface area contributed by atoms with Gasteiger partial charge in [-0.3, -0.25) is 0 Å². The van der Waals surface area contributed by atoms with Crippen molar-refractivity contribution < 1.29 is 13.9 Å². The van der Waals surface area contributed by atoms with E-state index in [1.54, 1.807) is 6.07 Å². The van der Waals surface area contributed by atoms with E-state index in [9.17, 15) is 9.18 Å². The summed E-state index contributed by atoms with van der Waals surface area (Å²) < 4.78 is 17.7. The molecule has 0 N–H and O–H groups in total. The fourth-order valence-electron chi connectivity index (χ4n) is 0.829. The molecular formula is C9H5BrFNO2. The van der Waals surface area contributed by atoms with E-state index < -0.39 is 11.8 Å².